The Labute approximate surface area is 131 Å². The summed E-state index contributed by atoms with van der Waals surface area (Å²) in [4.78, 5) is 13.4. The molecule has 0 spiro atoms. The molecular weight excluding hydrogens is 302 g/mol. The minimum atomic E-state index is -0.442. The van der Waals surface area contributed by atoms with Crippen LogP contribution < -0.4 is 5.32 Å². The molecule has 0 atom stereocenters. The van der Waals surface area contributed by atoms with E-state index >= 15 is 0 Å². The number of aromatic nitrogens is 4. The number of para-hydroxylation sites is 1. The Balaban J connectivity index is 1.78. The summed E-state index contributed by atoms with van der Waals surface area (Å²) in [6, 6.07) is 14.5. The molecule has 2 aromatic carbocycles. The molecule has 0 saturated carbocycles. The molecular formula is C15H12ClN5O. The number of hydrogen-bond acceptors (Lipinski definition) is 4. The Morgan fingerprint density at radius 1 is 1.18 bits per heavy atom. The number of nitrogens with one attached hydrogen (secondary N) is 1. The van der Waals surface area contributed by atoms with Gasteiger partial charge in [0.05, 0.1) is 5.69 Å². The smallest absolute Gasteiger partial charge is 0.297 e. The van der Waals surface area contributed by atoms with E-state index in [-0.39, 0.29) is 5.82 Å². The van der Waals surface area contributed by atoms with Crippen LogP contribution in [0.1, 0.15) is 16.2 Å². The molecule has 22 heavy (non-hydrogen) atoms. The lowest BCUT2D eigenvalue weighted by Crippen LogP contribution is -2.14. The highest BCUT2D eigenvalue weighted by Gasteiger charge is 2.14. The number of aryl methyl sites for hydroxylation is 1. The van der Waals surface area contributed by atoms with Crippen LogP contribution in [-0.2, 0) is 0 Å². The minimum absolute atomic E-state index is 0.0134. The van der Waals surface area contributed by atoms with E-state index in [1.807, 2.05) is 43.3 Å². The van der Waals surface area contributed by atoms with Gasteiger partial charge >= 0.3 is 0 Å². The predicted octanol–water partition coefficient (Wildman–Crippen LogP) is 2.88. The van der Waals surface area contributed by atoms with Gasteiger partial charge in [-0.05, 0) is 42.0 Å². The zero-order valence-electron chi connectivity index (χ0n) is 11.7. The van der Waals surface area contributed by atoms with Crippen molar-refractivity contribution in [3.8, 4) is 5.69 Å². The first-order valence-electron chi connectivity index (χ1n) is 6.56. The summed E-state index contributed by atoms with van der Waals surface area (Å²) in [5, 5.41) is 15.0. The fourth-order valence-corrected chi connectivity index (χ4v) is 2.01. The molecule has 6 nitrogen and oxygen atoms in total. The molecule has 0 radical (unpaired) electrons. The van der Waals surface area contributed by atoms with Gasteiger partial charge in [0, 0.05) is 10.7 Å². The number of carbonyl (C=O) groups is 1. The molecule has 0 fully saturated rings. The third-order valence-corrected chi connectivity index (χ3v) is 3.44. The number of benzene rings is 2. The fourth-order valence-electron chi connectivity index (χ4n) is 1.83. The number of amides is 1. The largest absolute Gasteiger partial charge is 0.319 e. The van der Waals surface area contributed by atoms with Crippen molar-refractivity contribution in [2.75, 3.05) is 5.32 Å². The first-order valence-corrected chi connectivity index (χ1v) is 6.94. The number of rotatable bonds is 3. The SMILES string of the molecule is Cc1ccc(NC(=O)c2nnn(-c3ccccc3)n2)cc1Cl. The highest BCUT2D eigenvalue weighted by molar-refractivity contribution is 6.31. The lowest BCUT2D eigenvalue weighted by atomic mass is 10.2. The third-order valence-electron chi connectivity index (χ3n) is 3.03. The molecule has 1 aromatic heterocycles. The van der Waals surface area contributed by atoms with E-state index in [0.717, 1.165) is 11.3 Å². The number of tetrazole rings is 1. The zero-order valence-corrected chi connectivity index (χ0v) is 12.4. The Morgan fingerprint density at radius 3 is 2.68 bits per heavy atom. The summed E-state index contributed by atoms with van der Waals surface area (Å²) in [5.41, 5.74) is 2.25. The van der Waals surface area contributed by atoms with Gasteiger partial charge in [0.25, 0.3) is 11.7 Å². The summed E-state index contributed by atoms with van der Waals surface area (Å²) < 4.78 is 0. The van der Waals surface area contributed by atoms with E-state index in [4.69, 9.17) is 11.6 Å². The van der Waals surface area contributed by atoms with Crippen molar-refractivity contribution in [1.29, 1.82) is 0 Å². The summed E-state index contributed by atoms with van der Waals surface area (Å²) in [5.74, 6) is -0.456. The molecule has 0 aliphatic rings. The van der Waals surface area contributed by atoms with E-state index in [1.165, 1.54) is 4.80 Å². The lowest BCUT2D eigenvalue weighted by molar-refractivity contribution is 0.101. The predicted molar refractivity (Wildman–Crippen MR) is 83.3 cm³/mol. The normalized spacial score (nSPS) is 10.5. The van der Waals surface area contributed by atoms with Crippen molar-refractivity contribution < 1.29 is 4.79 Å². The van der Waals surface area contributed by atoms with Gasteiger partial charge in [-0.15, -0.1) is 15.0 Å². The standard InChI is InChI=1S/C15H12ClN5O/c1-10-7-8-11(9-13(10)16)17-15(22)14-18-20-21(19-14)12-5-3-2-4-6-12/h2-9H,1H3,(H,17,22). The Hall–Kier alpha value is -2.73. The molecule has 0 saturated heterocycles. The van der Waals surface area contributed by atoms with Crippen molar-refractivity contribution in [1.82, 2.24) is 20.2 Å². The van der Waals surface area contributed by atoms with Gasteiger partial charge in [0.2, 0.25) is 0 Å². The third kappa shape index (κ3) is 2.96. The first-order chi connectivity index (χ1) is 10.6. The van der Waals surface area contributed by atoms with E-state index in [1.54, 1.807) is 12.1 Å². The number of carbonyl (C=O) groups excluding carboxylic acids is 1. The van der Waals surface area contributed by atoms with E-state index < -0.39 is 5.91 Å². The average molecular weight is 314 g/mol. The molecule has 3 rings (SSSR count). The number of halogens is 1. The summed E-state index contributed by atoms with van der Waals surface area (Å²) in [6.45, 7) is 1.89. The zero-order chi connectivity index (χ0) is 15.5. The summed E-state index contributed by atoms with van der Waals surface area (Å²) >= 11 is 6.03. The molecule has 0 aliphatic heterocycles. The van der Waals surface area contributed by atoms with Crippen LogP contribution in [0.5, 0.6) is 0 Å². The van der Waals surface area contributed by atoms with Crippen LogP contribution in [0.2, 0.25) is 5.02 Å². The van der Waals surface area contributed by atoms with E-state index in [2.05, 4.69) is 20.7 Å². The quantitative estimate of drug-likeness (QED) is 0.807. The number of nitrogens with zero attached hydrogens (tertiary/aromatic N) is 4. The van der Waals surface area contributed by atoms with E-state index in [9.17, 15) is 4.79 Å². The second kappa shape index (κ2) is 5.95. The number of anilines is 1. The molecule has 1 N–H and O–H groups in total. The molecule has 1 heterocycles. The maximum atomic E-state index is 12.1. The monoisotopic (exact) mass is 313 g/mol. The van der Waals surface area contributed by atoms with Gasteiger partial charge in [-0.2, -0.15) is 0 Å². The van der Waals surface area contributed by atoms with Crippen molar-refractivity contribution in [2.45, 2.75) is 6.92 Å². The lowest BCUT2D eigenvalue weighted by Gasteiger charge is -2.04. The van der Waals surface area contributed by atoms with E-state index in [0.29, 0.717) is 10.7 Å². The van der Waals surface area contributed by atoms with Crippen molar-refractivity contribution >= 4 is 23.2 Å². The second-order valence-electron chi connectivity index (χ2n) is 4.66. The fraction of sp³-hybridized carbons (Fsp3) is 0.0667. The molecule has 7 heteroatoms. The van der Waals surface area contributed by atoms with Crippen LogP contribution in [0.4, 0.5) is 5.69 Å². The molecule has 0 bridgehead atoms. The van der Waals surface area contributed by atoms with Crippen LogP contribution in [-0.4, -0.2) is 26.1 Å². The molecule has 0 unspecified atom stereocenters. The maximum Gasteiger partial charge on any atom is 0.297 e. The Kier molecular flexibility index (Phi) is 3.84. The Morgan fingerprint density at radius 2 is 1.95 bits per heavy atom. The van der Waals surface area contributed by atoms with Crippen LogP contribution in [0.15, 0.2) is 48.5 Å². The summed E-state index contributed by atoms with van der Waals surface area (Å²) in [6.07, 6.45) is 0. The number of hydrogen-bond donors (Lipinski definition) is 1. The van der Waals surface area contributed by atoms with Crippen LogP contribution in [0, 0.1) is 6.92 Å². The first kappa shape index (κ1) is 14.2. The van der Waals surface area contributed by atoms with Gasteiger partial charge in [-0.25, -0.2) is 0 Å². The maximum absolute atomic E-state index is 12.1. The van der Waals surface area contributed by atoms with Gasteiger partial charge in [0.15, 0.2) is 0 Å². The molecule has 110 valence electrons. The van der Waals surface area contributed by atoms with Crippen LogP contribution >= 0.6 is 11.6 Å². The van der Waals surface area contributed by atoms with Crippen LogP contribution in [0.3, 0.4) is 0 Å². The van der Waals surface area contributed by atoms with Crippen molar-refractivity contribution in [3.63, 3.8) is 0 Å². The highest BCUT2D eigenvalue weighted by atomic mass is 35.5. The topological polar surface area (TPSA) is 72.7 Å². The average Bonchev–Trinajstić information content (AvgIpc) is 3.02. The molecule has 0 aliphatic carbocycles. The molecule has 3 aromatic rings. The van der Waals surface area contributed by atoms with Crippen LogP contribution in [0.25, 0.3) is 5.69 Å². The Bertz CT molecular complexity index is 816. The van der Waals surface area contributed by atoms with Gasteiger partial charge in [-0.3, -0.25) is 4.79 Å². The molecule has 1 amide bonds. The van der Waals surface area contributed by atoms with Crippen molar-refractivity contribution in [2.24, 2.45) is 0 Å². The van der Waals surface area contributed by atoms with Gasteiger partial charge in [-0.1, -0.05) is 35.9 Å². The summed E-state index contributed by atoms with van der Waals surface area (Å²) in [7, 11) is 0. The van der Waals surface area contributed by atoms with Gasteiger partial charge < -0.3 is 5.32 Å². The highest BCUT2D eigenvalue weighted by Crippen LogP contribution is 2.20. The minimum Gasteiger partial charge on any atom is -0.319 e. The van der Waals surface area contributed by atoms with Gasteiger partial charge in [0.1, 0.15) is 0 Å². The van der Waals surface area contributed by atoms with Crippen molar-refractivity contribution in [3.05, 3.63) is 64.9 Å². The second-order valence-corrected chi connectivity index (χ2v) is 5.06.